The maximum absolute atomic E-state index is 12.3. The Labute approximate surface area is 121 Å². The van der Waals surface area contributed by atoms with E-state index in [1.165, 1.54) is 24.3 Å². The molecule has 0 saturated carbocycles. The number of benzene rings is 1. The molecule has 1 aromatic carbocycles. The van der Waals surface area contributed by atoms with Gasteiger partial charge in [-0.05, 0) is 19.9 Å². The lowest BCUT2D eigenvalue weighted by molar-refractivity contribution is -0.385. The summed E-state index contributed by atoms with van der Waals surface area (Å²) in [4.78, 5) is 34.4. The van der Waals surface area contributed by atoms with Crippen molar-refractivity contribution < 1.29 is 24.0 Å². The summed E-state index contributed by atoms with van der Waals surface area (Å²) in [5.41, 5.74) is -0.955. The number of ether oxygens (including phenoxy) is 2. The Kier molecular flexibility index (Phi) is 6.06. The van der Waals surface area contributed by atoms with E-state index in [9.17, 15) is 19.7 Å². The van der Waals surface area contributed by atoms with Crippen LogP contribution in [-0.2, 0) is 14.3 Å². The van der Waals surface area contributed by atoms with E-state index in [0.717, 1.165) is 6.26 Å². The molecule has 0 heterocycles. The molecular formula is C14H15NO6. The summed E-state index contributed by atoms with van der Waals surface area (Å²) in [6, 6.07) is 5.38. The zero-order valence-electron chi connectivity index (χ0n) is 11.7. The van der Waals surface area contributed by atoms with Crippen molar-refractivity contribution in [2.75, 3.05) is 13.2 Å². The fraction of sp³-hybridized carbons (Fsp3) is 0.286. The number of hydrogen-bond donors (Lipinski definition) is 0. The van der Waals surface area contributed by atoms with Crippen molar-refractivity contribution >= 4 is 17.4 Å². The molecule has 0 amide bonds. The van der Waals surface area contributed by atoms with Gasteiger partial charge in [-0.15, -0.1) is 0 Å². The molecule has 0 aromatic heterocycles. The van der Waals surface area contributed by atoms with E-state index in [2.05, 4.69) is 0 Å². The first-order valence-corrected chi connectivity index (χ1v) is 6.29. The van der Waals surface area contributed by atoms with E-state index in [1.807, 2.05) is 0 Å². The Bertz CT molecular complexity index is 579. The Hall–Kier alpha value is -2.70. The van der Waals surface area contributed by atoms with Crippen molar-refractivity contribution in [3.05, 3.63) is 51.8 Å². The summed E-state index contributed by atoms with van der Waals surface area (Å²) >= 11 is 0. The molecule has 7 nitrogen and oxygen atoms in total. The highest BCUT2D eigenvalue weighted by Gasteiger charge is 2.27. The molecule has 0 fully saturated rings. The highest BCUT2D eigenvalue weighted by Crippen LogP contribution is 2.21. The second-order valence-corrected chi connectivity index (χ2v) is 3.81. The van der Waals surface area contributed by atoms with Gasteiger partial charge in [-0.2, -0.15) is 0 Å². The van der Waals surface area contributed by atoms with Gasteiger partial charge in [0.15, 0.2) is 0 Å². The number of carbonyl (C=O) groups excluding carboxylic acids is 2. The van der Waals surface area contributed by atoms with Crippen LogP contribution in [0.1, 0.15) is 24.2 Å². The molecule has 0 saturated heterocycles. The Morgan fingerprint density at radius 2 is 1.90 bits per heavy atom. The number of nitro benzene ring substituents is 1. The van der Waals surface area contributed by atoms with Gasteiger partial charge in [0.05, 0.1) is 18.1 Å². The van der Waals surface area contributed by atoms with Gasteiger partial charge in [-0.3, -0.25) is 14.9 Å². The minimum Gasteiger partial charge on any atom is -0.500 e. The lowest BCUT2D eigenvalue weighted by Gasteiger charge is -2.07. The van der Waals surface area contributed by atoms with Crippen molar-refractivity contribution in [1.82, 2.24) is 0 Å². The van der Waals surface area contributed by atoms with Crippen LogP contribution in [0.3, 0.4) is 0 Å². The van der Waals surface area contributed by atoms with Crippen LogP contribution in [0.25, 0.3) is 0 Å². The number of carbonyl (C=O) groups is 2. The number of nitrogens with zero attached hydrogens (tertiary/aromatic N) is 1. The van der Waals surface area contributed by atoms with Gasteiger partial charge in [0.1, 0.15) is 17.4 Å². The van der Waals surface area contributed by atoms with Crippen LogP contribution in [0.5, 0.6) is 0 Å². The minimum atomic E-state index is -0.880. The lowest BCUT2D eigenvalue weighted by atomic mass is 10.0. The van der Waals surface area contributed by atoms with Crippen LogP contribution in [0.4, 0.5) is 5.69 Å². The highest BCUT2D eigenvalue weighted by atomic mass is 16.6. The zero-order chi connectivity index (χ0) is 15.8. The van der Waals surface area contributed by atoms with Gasteiger partial charge in [-0.1, -0.05) is 12.1 Å². The molecular weight excluding hydrogens is 278 g/mol. The molecule has 0 bridgehead atoms. The van der Waals surface area contributed by atoms with E-state index >= 15 is 0 Å². The largest absolute Gasteiger partial charge is 0.500 e. The van der Waals surface area contributed by atoms with Gasteiger partial charge in [0.2, 0.25) is 5.78 Å². The third-order valence-corrected chi connectivity index (χ3v) is 2.45. The fourth-order valence-corrected chi connectivity index (χ4v) is 1.54. The van der Waals surface area contributed by atoms with Crippen LogP contribution in [-0.4, -0.2) is 29.9 Å². The molecule has 0 aliphatic rings. The van der Waals surface area contributed by atoms with E-state index in [4.69, 9.17) is 9.47 Å². The molecule has 112 valence electrons. The van der Waals surface area contributed by atoms with Crippen molar-refractivity contribution in [3.63, 3.8) is 0 Å². The Morgan fingerprint density at radius 3 is 2.48 bits per heavy atom. The summed E-state index contributed by atoms with van der Waals surface area (Å²) in [5.74, 6) is -1.69. The molecule has 0 aliphatic heterocycles. The van der Waals surface area contributed by atoms with Gasteiger partial charge in [0, 0.05) is 6.07 Å². The van der Waals surface area contributed by atoms with Gasteiger partial charge in [-0.25, -0.2) is 4.79 Å². The maximum Gasteiger partial charge on any atom is 0.345 e. The smallest absolute Gasteiger partial charge is 0.345 e. The lowest BCUT2D eigenvalue weighted by Crippen LogP contribution is -2.17. The summed E-state index contributed by atoms with van der Waals surface area (Å²) in [6.07, 6.45) is 0.969. The summed E-state index contributed by atoms with van der Waals surface area (Å²) in [6.45, 7) is 3.58. The Balaban J connectivity index is 3.23. The third-order valence-electron chi connectivity index (χ3n) is 2.45. The summed E-state index contributed by atoms with van der Waals surface area (Å²) < 4.78 is 9.72. The number of Topliss-reactive ketones (excluding diaryl/α,β-unsaturated/α-hetero) is 1. The number of nitro groups is 1. The molecule has 0 radical (unpaired) electrons. The number of para-hydroxylation sites is 1. The third kappa shape index (κ3) is 4.13. The average Bonchev–Trinajstić information content (AvgIpc) is 2.47. The van der Waals surface area contributed by atoms with Crippen molar-refractivity contribution in [3.8, 4) is 0 Å². The number of ketones is 1. The van der Waals surface area contributed by atoms with Crippen LogP contribution in [0, 0.1) is 10.1 Å². The van der Waals surface area contributed by atoms with Crippen molar-refractivity contribution in [2.24, 2.45) is 0 Å². The molecule has 21 heavy (non-hydrogen) atoms. The molecule has 0 spiro atoms. The average molecular weight is 293 g/mol. The highest BCUT2D eigenvalue weighted by molar-refractivity contribution is 6.25. The predicted molar refractivity (Wildman–Crippen MR) is 73.8 cm³/mol. The van der Waals surface area contributed by atoms with E-state index in [-0.39, 0.29) is 30.0 Å². The maximum atomic E-state index is 12.3. The summed E-state index contributed by atoms with van der Waals surface area (Å²) in [7, 11) is 0. The Morgan fingerprint density at radius 1 is 1.24 bits per heavy atom. The molecule has 0 N–H and O–H groups in total. The monoisotopic (exact) mass is 293 g/mol. The van der Waals surface area contributed by atoms with Crippen LogP contribution < -0.4 is 0 Å². The molecule has 1 aromatic rings. The molecule has 0 aliphatic carbocycles. The molecule has 7 heteroatoms. The van der Waals surface area contributed by atoms with E-state index < -0.39 is 16.7 Å². The number of esters is 1. The predicted octanol–water partition coefficient (Wildman–Crippen LogP) is 2.26. The van der Waals surface area contributed by atoms with Gasteiger partial charge >= 0.3 is 5.97 Å². The van der Waals surface area contributed by atoms with Crippen LogP contribution in [0.2, 0.25) is 0 Å². The second kappa shape index (κ2) is 7.78. The first-order valence-electron chi connectivity index (χ1n) is 6.29. The SMILES string of the molecule is CCO/C=C(\C(=O)OCC)C(=O)c1ccccc1[N+](=O)[O-]. The number of hydrogen-bond acceptors (Lipinski definition) is 6. The molecule has 0 atom stereocenters. The van der Waals surface area contributed by atoms with Crippen molar-refractivity contribution in [1.29, 1.82) is 0 Å². The van der Waals surface area contributed by atoms with E-state index in [1.54, 1.807) is 13.8 Å². The summed E-state index contributed by atoms with van der Waals surface area (Å²) in [5, 5.41) is 10.9. The first kappa shape index (κ1) is 16.4. The quantitative estimate of drug-likeness (QED) is 0.112. The van der Waals surface area contributed by atoms with Crippen molar-refractivity contribution in [2.45, 2.75) is 13.8 Å². The fourth-order valence-electron chi connectivity index (χ4n) is 1.54. The first-order chi connectivity index (χ1) is 10.0. The second-order valence-electron chi connectivity index (χ2n) is 3.81. The van der Waals surface area contributed by atoms with Gasteiger partial charge in [0.25, 0.3) is 5.69 Å². The standard InChI is InChI=1S/C14H15NO6/c1-3-20-9-11(14(17)21-4-2)13(16)10-7-5-6-8-12(10)15(18)19/h5-9H,3-4H2,1-2H3/b11-9-. The molecule has 1 rings (SSSR count). The van der Waals surface area contributed by atoms with E-state index in [0.29, 0.717) is 0 Å². The minimum absolute atomic E-state index is 0.0759. The topological polar surface area (TPSA) is 95.7 Å². The van der Waals surface area contributed by atoms with Crippen LogP contribution >= 0.6 is 0 Å². The van der Waals surface area contributed by atoms with Crippen LogP contribution in [0.15, 0.2) is 36.1 Å². The van der Waals surface area contributed by atoms with Gasteiger partial charge < -0.3 is 9.47 Å². The number of rotatable bonds is 7. The normalized spacial score (nSPS) is 10.9. The molecule has 0 unspecified atom stereocenters. The zero-order valence-corrected chi connectivity index (χ0v) is 11.7.